The molecule has 1 atom stereocenters. The number of nitrogens with zero attached hydrogens (tertiary/aromatic N) is 1. The summed E-state index contributed by atoms with van der Waals surface area (Å²) >= 11 is 1.40. The first-order chi connectivity index (χ1) is 9.06. The fourth-order valence-electron chi connectivity index (χ4n) is 1.64. The Balaban J connectivity index is 1.89. The minimum Gasteiger partial charge on any atom is -0.361 e. The summed E-state index contributed by atoms with van der Waals surface area (Å²) in [6.45, 7) is 3.50. The van der Waals surface area contributed by atoms with Gasteiger partial charge < -0.3 is 9.84 Å². The van der Waals surface area contributed by atoms with Crippen LogP contribution in [0, 0.1) is 6.92 Å². The van der Waals surface area contributed by atoms with Crippen molar-refractivity contribution in [1.29, 1.82) is 0 Å². The first kappa shape index (κ1) is 13.5. The van der Waals surface area contributed by atoms with E-state index in [2.05, 4.69) is 10.5 Å². The van der Waals surface area contributed by atoms with Crippen LogP contribution >= 0.6 is 11.3 Å². The largest absolute Gasteiger partial charge is 0.361 e. The topological polar surface area (TPSA) is 72.2 Å². The quantitative estimate of drug-likeness (QED) is 0.853. The molecule has 2 aromatic rings. The van der Waals surface area contributed by atoms with Crippen LogP contribution in [0.2, 0.25) is 0 Å². The van der Waals surface area contributed by atoms with Crippen LogP contribution < -0.4 is 5.32 Å². The Morgan fingerprint density at radius 2 is 2.32 bits per heavy atom. The van der Waals surface area contributed by atoms with E-state index in [9.17, 15) is 9.59 Å². The van der Waals surface area contributed by atoms with E-state index in [4.69, 9.17) is 4.52 Å². The van der Waals surface area contributed by atoms with Crippen molar-refractivity contribution < 1.29 is 14.1 Å². The van der Waals surface area contributed by atoms with Crippen molar-refractivity contribution >= 4 is 23.0 Å². The predicted octanol–water partition coefficient (Wildman–Crippen LogP) is 2.44. The molecule has 0 fully saturated rings. The third-order valence-corrected chi connectivity index (χ3v) is 3.44. The maximum absolute atomic E-state index is 11.9. The van der Waals surface area contributed by atoms with Gasteiger partial charge in [-0.25, -0.2) is 0 Å². The Kier molecular flexibility index (Phi) is 4.11. The van der Waals surface area contributed by atoms with Crippen molar-refractivity contribution in [3.05, 3.63) is 39.9 Å². The van der Waals surface area contributed by atoms with Gasteiger partial charge in [0.25, 0.3) is 5.91 Å². The van der Waals surface area contributed by atoms with Crippen LogP contribution in [0.1, 0.15) is 39.3 Å². The number of amides is 1. The van der Waals surface area contributed by atoms with E-state index in [0.717, 1.165) is 0 Å². The van der Waals surface area contributed by atoms with Gasteiger partial charge in [0, 0.05) is 18.5 Å². The molecule has 0 spiro atoms. The Morgan fingerprint density at radius 1 is 1.53 bits per heavy atom. The summed E-state index contributed by atoms with van der Waals surface area (Å²) in [5.41, 5.74) is 0.230. The number of hydrogen-bond acceptors (Lipinski definition) is 5. The maximum Gasteiger partial charge on any atom is 0.273 e. The molecule has 0 unspecified atom stereocenters. The second kappa shape index (κ2) is 5.79. The second-order valence-electron chi connectivity index (χ2n) is 4.30. The monoisotopic (exact) mass is 278 g/mol. The van der Waals surface area contributed by atoms with E-state index in [-0.39, 0.29) is 29.8 Å². The van der Waals surface area contributed by atoms with Gasteiger partial charge in [0.15, 0.2) is 11.5 Å². The Labute approximate surface area is 114 Å². The molecular weight excluding hydrogens is 264 g/mol. The first-order valence-electron chi connectivity index (χ1n) is 5.87. The van der Waals surface area contributed by atoms with E-state index in [0.29, 0.717) is 10.6 Å². The third-order valence-electron chi connectivity index (χ3n) is 2.53. The van der Waals surface area contributed by atoms with Crippen LogP contribution in [-0.2, 0) is 0 Å². The number of Topliss-reactive ketones (excluding diaryl/α,β-unsaturated/α-hetero) is 1. The van der Waals surface area contributed by atoms with E-state index >= 15 is 0 Å². The Hall–Kier alpha value is -1.95. The molecule has 0 bridgehead atoms. The minimum atomic E-state index is -0.330. The number of nitrogens with one attached hydrogen (secondary N) is 1. The number of aromatic nitrogens is 1. The summed E-state index contributed by atoms with van der Waals surface area (Å²) in [5, 5.41) is 8.21. The van der Waals surface area contributed by atoms with E-state index in [1.807, 2.05) is 11.4 Å². The zero-order valence-electron chi connectivity index (χ0n) is 10.7. The highest BCUT2D eigenvalue weighted by molar-refractivity contribution is 7.12. The average Bonchev–Trinajstić information content (AvgIpc) is 2.98. The van der Waals surface area contributed by atoms with Crippen molar-refractivity contribution in [2.75, 3.05) is 0 Å². The summed E-state index contributed by atoms with van der Waals surface area (Å²) in [7, 11) is 0. The summed E-state index contributed by atoms with van der Waals surface area (Å²) in [6.07, 6.45) is 0.267. The van der Waals surface area contributed by atoms with Gasteiger partial charge in [-0.05, 0) is 25.3 Å². The molecule has 1 amide bonds. The molecule has 0 aliphatic rings. The van der Waals surface area contributed by atoms with Gasteiger partial charge in [0.2, 0.25) is 0 Å². The van der Waals surface area contributed by atoms with Crippen LogP contribution in [0.5, 0.6) is 0 Å². The van der Waals surface area contributed by atoms with E-state index in [1.165, 1.54) is 11.3 Å². The molecule has 5 nitrogen and oxygen atoms in total. The first-order valence-corrected chi connectivity index (χ1v) is 6.75. The maximum atomic E-state index is 11.9. The van der Waals surface area contributed by atoms with Crippen LogP contribution in [0.3, 0.4) is 0 Å². The Morgan fingerprint density at radius 3 is 2.89 bits per heavy atom. The molecule has 0 saturated heterocycles. The molecule has 2 heterocycles. The lowest BCUT2D eigenvalue weighted by molar-refractivity contribution is 0.0912. The molecule has 19 heavy (non-hydrogen) atoms. The number of carbonyl (C=O) groups excluding carboxylic acids is 2. The molecule has 100 valence electrons. The highest BCUT2D eigenvalue weighted by Crippen LogP contribution is 2.12. The van der Waals surface area contributed by atoms with Crippen LogP contribution in [0.4, 0.5) is 0 Å². The molecule has 2 rings (SSSR count). The summed E-state index contributed by atoms with van der Waals surface area (Å²) in [5.74, 6) is 0.273. The van der Waals surface area contributed by atoms with Crippen LogP contribution in [0.25, 0.3) is 0 Å². The zero-order chi connectivity index (χ0) is 13.8. The number of thiophene rings is 1. The fourth-order valence-corrected chi connectivity index (χ4v) is 2.31. The van der Waals surface area contributed by atoms with E-state index < -0.39 is 0 Å². The highest BCUT2D eigenvalue weighted by atomic mass is 32.1. The molecule has 0 aliphatic carbocycles. The number of carbonyl (C=O) groups is 2. The van der Waals surface area contributed by atoms with Gasteiger partial charge in [-0.2, -0.15) is 0 Å². The SMILES string of the molecule is Cc1cc(C(=O)N[C@@H](C)CC(=O)c2cccs2)no1. The molecule has 6 heteroatoms. The molecule has 0 saturated carbocycles. The van der Waals surface area contributed by atoms with Gasteiger partial charge in [0.05, 0.1) is 4.88 Å². The van der Waals surface area contributed by atoms with Crippen molar-refractivity contribution in [3.8, 4) is 0 Å². The number of aryl methyl sites for hydroxylation is 1. The fraction of sp³-hybridized carbons (Fsp3) is 0.308. The van der Waals surface area contributed by atoms with Gasteiger partial charge in [-0.15, -0.1) is 11.3 Å². The number of hydrogen-bond donors (Lipinski definition) is 1. The van der Waals surface area contributed by atoms with Crippen LogP contribution in [-0.4, -0.2) is 22.9 Å². The molecule has 0 aliphatic heterocycles. The second-order valence-corrected chi connectivity index (χ2v) is 5.25. The zero-order valence-corrected chi connectivity index (χ0v) is 11.5. The molecular formula is C13H14N2O3S. The number of ketones is 1. The van der Waals surface area contributed by atoms with Crippen molar-refractivity contribution in [2.45, 2.75) is 26.3 Å². The van der Waals surface area contributed by atoms with Crippen molar-refractivity contribution in [2.24, 2.45) is 0 Å². The lowest BCUT2D eigenvalue weighted by Gasteiger charge is -2.11. The highest BCUT2D eigenvalue weighted by Gasteiger charge is 2.17. The van der Waals surface area contributed by atoms with Crippen molar-refractivity contribution in [3.63, 3.8) is 0 Å². The lowest BCUT2D eigenvalue weighted by atomic mass is 10.1. The Bertz CT molecular complexity index is 574. The van der Waals surface area contributed by atoms with Gasteiger partial charge in [0.1, 0.15) is 5.76 Å². The van der Waals surface area contributed by atoms with Gasteiger partial charge in [-0.3, -0.25) is 9.59 Å². The summed E-state index contributed by atoms with van der Waals surface area (Å²) in [6, 6.07) is 4.92. The van der Waals surface area contributed by atoms with Gasteiger partial charge >= 0.3 is 0 Å². The predicted molar refractivity (Wildman–Crippen MR) is 71.4 cm³/mol. The summed E-state index contributed by atoms with van der Waals surface area (Å²) in [4.78, 5) is 24.4. The standard InChI is InChI=1S/C13H14N2O3S/c1-8(6-11(16)12-4-3-5-19-12)14-13(17)10-7-9(2)18-15-10/h3-5,7-8H,6H2,1-2H3,(H,14,17)/t8-/m0/s1. The third kappa shape index (κ3) is 3.51. The lowest BCUT2D eigenvalue weighted by Crippen LogP contribution is -2.34. The van der Waals surface area contributed by atoms with Crippen molar-refractivity contribution in [1.82, 2.24) is 10.5 Å². The molecule has 1 N–H and O–H groups in total. The minimum absolute atomic E-state index is 0.0270. The average molecular weight is 278 g/mol. The molecule has 0 radical (unpaired) electrons. The molecule has 0 aromatic carbocycles. The van der Waals surface area contributed by atoms with Gasteiger partial charge in [-0.1, -0.05) is 11.2 Å². The normalized spacial score (nSPS) is 12.1. The smallest absolute Gasteiger partial charge is 0.273 e. The van der Waals surface area contributed by atoms with E-state index in [1.54, 1.807) is 26.0 Å². The number of rotatable bonds is 5. The summed E-state index contributed by atoms with van der Waals surface area (Å²) < 4.78 is 4.83. The van der Waals surface area contributed by atoms with Crippen LogP contribution in [0.15, 0.2) is 28.1 Å². The molecule has 2 aromatic heterocycles.